The first kappa shape index (κ1) is 15.9. The normalized spacial score (nSPS) is 15.9. The standard InChI is InChI=1S/C19H18N4OS/c1-3-14(24)11-16-18-22-21-12(2)23(18)19-15(9-10-25-19)17(20-16)13-7-5-4-6-8-13/h4-10,16H,3,11H2,1-2H3/t16-/m0/s1. The van der Waals surface area contributed by atoms with Gasteiger partial charge in [-0.25, -0.2) is 0 Å². The number of ketones is 1. The maximum Gasteiger partial charge on any atom is 0.163 e. The van der Waals surface area contributed by atoms with Crippen molar-refractivity contribution in [1.82, 2.24) is 14.8 Å². The number of Topliss-reactive ketones (excluding diaryl/α,β-unsaturated/α-hetero) is 1. The van der Waals surface area contributed by atoms with Gasteiger partial charge >= 0.3 is 0 Å². The highest BCUT2D eigenvalue weighted by Gasteiger charge is 2.29. The van der Waals surface area contributed by atoms with E-state index in [4.69, 9.17) is 4.99 Å². The molecule has 0 amide bonds. The lowest BCUT2D eigenvalue weighted by atomic mass is 10.0. The molecule has 0 aliphatic carbocycles. The zero-order valence-electron chi connectivity index (χ0n) is 14.1. The zero-order valence-corrected chi connectivity index (χ0v) is 15.0. The minimum atomic E-state index is -0.316. The summed E-state index contributed by atoms with van der Waals surface area (Å²) in [4.78, 5) is 17.1. The van der Waals surface area contributed by atoms with Crippen molar-refractivity contribution in [2.24, 2.45) is 4.99 Å². The van der Waals surface area contributed by atoms with Crippen molar-refractivity contribution in [2.75, 3.05) is 0 Å². The van der Waals surface area contributed by atoms with E-state index in [9.17, 15) is 4.79 Å². The Balaban J connectivity index is 1.94. The first-order valence-corrected chi connectivity index (χ1v) is 9.22. The topological polar surface area (TPSA) is 60.1 Å². The molecule has 126 valence electrons. The smallest absolute Gasteiger partial charge is 0.163 e. The first-order chi connectivity index (χ1) is 12.2. The van der Waals surface area contributed by atoms with Crippen molar-refractivity contribution < 1.29 is 4.79 Å². The minimum absolute atomic E-state index is 0.179. The van der Waals surface area contributed by atoms with E-state index in [1.165, 1.54) is 0 Å². The quantitative estimate of drug-likeness (QED) is 0.717. The molecule has 0 bridgehead atoms. The second kappa shape index (κ2) is 6.37. The highest BCUT2D eigenvalue weighted by Crippen LogP contribution is 2.35. The molecule has 0 radical (unpaired) electrons. The number of thiophene rings is 1. The second-order valence-electron chi connectivity index (χ2n) is 6.04. The number of carbonyl (C=O) groups is 1. The average molecular weight is 350 g/mol. The summed E-state index contributed by atoms with van der Waals surface area (Å²) < 4.78 is 2.05. The van der Waals surface area contributed by atoms with Gasteiger partial charge in [0, 0.05) is 24.0 Å². The molecule has 3 aromatic rings. The average Bonchev–Trinajstić information content (AvgIpc) is 3.22. The monoisotopic (exact) mass is 350 g/mol. The number of aryl methyl sites for hydroxylation is 1. The number of nitrogens with zero attached hydrogens (tertiary/aromatic N) is 4. The van der Waals surface area contributed by atoms with Crippen molar-refractivity contribution in [3.05, 3.63) is 64.6 Å². The van der Waals surface area contributed by atoms with Crippen molar-refractivity contribution >= 4 is 22.8 Å². The fourth-order valence-corrected chi connectivity index (χ4v) is 4.06. The lowest BCUT2D eigenvalue weighted by molar-refractivity contribution is -0.119. The molecule has 0 fully saturated rings. The molecule has 2 aromatic heterocycles. The third-order valence-corrected chi connectivity index (χ3v) is 5.30. The number of hydrogen-bond donors (Lipinski definition) is 0. The molecule has 5 nitrogen and oxygen atoms in total. The molecule has 0 unspecified atom stereocenters. The van der Waals surface area contributed by atoms with Crippen LogP contribution >= 0.6 is 11.3 Å². The van der Waals surface area contributed by atoms with Crippen LogP contribution in [0.2, 0.25) is 0 Å². The van der Waals surface area contributed by atoms with Crippen LogP contribution in [-0.4, -0.2) is 26.3 Å². The highest BCUT2D eigenvalue weighted by molar-refractivity contribution is 7.13. The van der Waals surface area contributed by atoms with E-state index in [0.29, 0.717) is 12.8 Å². The molecule has 1 aliphatic rings. The highest BCUT2D eigenvalue weighted by atomic mass is 32.1. The lowest BCUT2D eigenvalue weighted by Gasteiger charge is -2.11. The van der Waals surface area contributed by atoms with E-state index in [1.807, 2.05) is 36.6 Å². The lowest BCUT2D eigenvalue weighted by Crippen LogP contribution is -2.10. The van der Waals surface area contributed by atoms with Crippen molar-refractivity contribution in [3.8, 4) is 5.00 Å². The van der Waals surface area contributed by atoms with E-state index in [0.717, 1.165) is 33.5 Å². The molecule has 4 rings (SSSR count). The summed E-state index contributed by atoms with van der Waals surface area (Å²) in [5.41, 5.74) is 3.02. The number of hydrogen-bond acceptors (Lipinski definition) is 5. The predicted octanol–water partition coefficient (Wildman–Crippen LogP) is 3.90. The molecule has 6 heteroatoms. The van der Waals surface area contributed by atoms with Crippen LogP contribution in [0.4, 0.5) is 0 Å². The number of aliphatic imine (C=N–C) groups is 1. The van der Waals surface area contributed by atoms with Crippen molar-refractivity contribution in [1.29, 1.82) is 0 Å². The molecular weight excluding hydrogens is 332 g/mol. The summed E-state index contributed by atoms with van der Waals surface area (Å²) in [6.45, 7) is 3.82. The molecule has 1 atom stereocenters. The minimum Gasteiger partial charge on any atom is -0.300 e. The van der Waals surface area contributed by atoms with Crippen LogP contribution < -0.4 is 0 Å². The second-order valence-corrected chi connectivity index (χ2v) is 6.93. The van der Waals surface area contributed by atoms with Gasteiger partial charge in [0.25, 0.3) is 0 Å². The molecule has 0 spiro atoms. The van der Waals surface area contributed by atoms with Gasteiger partial charge in [-0.05, 0) is 18.4 Å². The molecule has 1 aromatic carbocycles. The maximum absolute atomic E-state index is 12.1. The van der Waals surface area contributed by atoms with E-state index in [-0.39, 0.29) is 11.8 Å². The van der Waals surface area contributed by atoms with Crippen LogP contribution in [-0.2, 0) is 4.79 Å². The van der Waals surface area contributed by atoms with Crippen LogP contribution in [0.25, 0.3) is 5.00 Å². The van der Waals surface area contributed by atoms with Crippen LogP contribution in [0.15, 0.2) is 46.8 Å². The van der Waals surface area contributed by atoms with Crippen molar-refractivity contribution in [3.63, 3.8) is 0 Å². The van der Waals surface area contributed by atoms with Gasteiger partial charge in [0.15, 0.2) is 5.82 Å². The molecular formula is C19H18N4OS. The largest absolute Gasteiger partial charge is 0.300 e. The summed E-state index contributed by atoms with van der Waals surface area (Å²) in [5.74, 6) is 1.74. The Morgan fingerprint density at radius 3 is 2.76 bits per heavy atom. The summed E-state index contributed by atoms with van der Waals surface area (Å²) in [5, 5.41) is 11.7. The Kier molecular flexibility index (Phi) is 4.05. The molecule has 3 heterocycles. The Bertz CT molecular complexity index is 955. The first-order valence-electron chi connectivity index (χ1n) is 8.34. The summed E-state index contributed by atoms with van der Waals surface area (Å²) in [6.07, 6.45) is 0.849. The maximum atomic E-state index is 12.1. The molecule has 0 saturated heterocycles. The van der Waals surface area contributed by atoms with Crippen LogP contribution in [0.3, 0.4) is 0 Å². The SMILES string of the molecule is CCC(=O)C[C@@H]1N=C(c2ccccc2)c2ccsc2-n2c(C)nnc21. The third-order valence-electron chi connectivity index (χ3n) is 4.40. The van der Waals surface area contributed by atoms with E-state index in [2.05, 4.69) is 33.8 Å². The Hall–Kier alpha value is -2.60. The summed E-state index contributed by atoms with van der Waals surface area (Å²) in [7, 11) is 0. The van der Waals surface area contributed by atoms with Crippen molar-refractivity contribution in [2.45, 2.75) is 32.7 Å². The van der Waals surface area contributed by atoms with Crippen LogP contribution in [0, 0.1) is 6.92 Å². The number of aromatic nitrogens is 3. The van der Waals surface area contributed by atoms with Gasteiger partial charge in [-0.2, -0.15) is 0 Å². The number of carbonyl (C=O) groups excluding carboxylic acids is 1. The van der Waals surface area contributed by atoms with E-state index in [1.54, 1.807) is 11.3 Å². The summed E-state index contributed by atoms with van der Waals surface area (Å²) >= 11 is 1.64. The van der Waals surface area contributed by atoms with Gasteiger partial charge < -0.3 is 0 Å². The van der Waals surface area contributed by atoms with Crippen LogP contribution in [0.5, 0.6) is 0 Å². The zero-order chi connectivity index (χ0) is 17.4. The predicted molar refractivity (Wildman–Crippen MR) is 98.7 cm³/mol. The van der Waals surface area contributed by atoms with Gasteiger partial charge in [-0.1, -0.05) is 37.3 Å². The fourth-order valence-electron chi connectivity index (χ4n) is 3.11. The Labute approximate surface area is 150 Å². The van der Waals surface area contributed by atoms with Gasteiger partial charge in [-0.3, -0.25) is 14.4 Å². The van der Waals surface area contributed by atoms with Gasteiger partial charge in [-0.15, -0.1) is 21.5 Å². The molecule has 25 heavy (non-hydrogen) atoms. The van der Waals surface area contributed by atoms with Gasteiger partial charge in [0.2, 0.25) is 0 Å². The molecule has 0 N–H and O–H groups in total. The summed E-state index contributed by atoms with van der Waals surface area (Å²) in [6, 6.07) is 11.9. The third kappa shape index (κ3) is 2.72. The Morgan fingerprint density at radius 1 is 1.20 bits per heavy atom. The molecule has 0 saturated carbocycles. The van der Waals surface area contributed by atoms with E-state index >= 15 is 0 Å². The number of rotatable bonds is 4. The van der Waals surface area contributed by atoms with Gasteiger partial charge in [0.05, 0.1) is 5.71 Å². The van der Waals surface area contributed by atoms with Gasteiger partial charge in [0.1, 0.15) is 22.7 Å². The fraction of sp³-hybridized carbons (Fsp3) is 0.263. The van der Waals surface area contributed by atoms with Crippen LogP contribution in [0.1, 0.15) is 48.6 Å². The Morgan fingerprint density at radius 2 is 2.00 bits per heavy atom. The number of benzene rings is 1. The van der Waals surface area contributed by atoms with E-state index < -0.39 is 0 Å². The number of fused-ring (bicyclic) bond motifs is 3. The molecule has 1 aliphatic heterocycles.